The van der Waals surface area contributed by atoms with E-state index in [4.69, 9.17) is 0 Å². The summed E-state index contributed by atoms with van der Waals surface area (Å²) in [6, 6.07) is 14.2. The van der Waals surface area contributed by atoms with Gasteiger partial charge in [-0.3, -0.25) is 9.69 Å². The Labute approximate surface area is 144 Å². The van der Waals surface area contributed by atoms with E-state index < -0.39 is 17.5 Å². The maximum atomic E-state index is 13.3. The standard InChI is InChI=1S/C19H17F2N3O/c20-16-10-15(11-17(21)12-16)19(25)24-8-6-23(7-9-24)18(13-22)14-4-2-1-3-5-14/h1-5,10-12,18H,6-9H2. The van der Waals surface area contributed by atoms with Gasteiger partial charge in [0.25, 0.3) is 5.91 Å². The van der Waals surface area contributed by atoms with Crippen molar-refractivity contribution in [3.05, 3.63) is 71.3 Å². The SMILES string of the molecule is N#CC(c1ccccc1)N1CCN(C(=O)c2cc(F)cc(F)c2)CC1. The van der Waals surface area contributed by atoms with Crippen LogP contribution in [-0.4, -0.2) is 41.9 Å². The van der Waals surface area contributed by atoms with Crippen LogP contribution in [0.4, 0.5) is 8.78 Å². The number of hydrogen-bond acceptors (Lipinski definition) is 3. The third-order valence-corrected chi connectivity index (χ3v) is 4.31. The number of nitrogens with zero attached hydrogens (tertiary/aromatic N) is 3. The van der Waals surface area contributed by atoms with Gasteiger partial charge in [-0.2, -0.15) is 5.26 Å². The number of amides is 1. The maximum absolute atomic E-state index is 13.3. The molecule has 1 aliphatic heterocycles. The van der Waals surface area contributed by atoms with Crippen LogP contribution in [0.1, 0.15) is 22.0 Å². The quantitative estimate of drug-likeness (QED) is 0.862. The maximum Gasteiger partial charge on any atom is 0.254 e. The normalized spacial score (nSPS) is 16.3. The zero-order valence-electron chi connectivity index (χ0n) is 13.5. The zero-order valence-corrected chi connectivity index (χ0v) is 13.5. The van der Waals surface area contributed by atoms with Gasteiger partial charge in [0.1, 0.15) is 17.7 Å². The van der Waals surface area contributed by atoms with Crippen LogP contribution in [-0.2, 0) is 0 Å². The number of hydrogen-bond donors (Lipinski definition) is 0. The lowest BCUT2D eigenvalue weighted by Gasteiger charge is -2.37. The number of carbonyl (C=O) groups is 1. The van der Waals surface area contributed by atoms with Gasteiger partial charge in [-0.25, -0.2) is 8.78 Å². The summed E-state index contributed by atoms with van der Waals surface area (Å²) in [6.07, 6.45) is 0. The van der Waals surface area contributed by atoms with Crippen LogP contribution >= 0.6 is 0 Å². The molecular weight excluding hydrogens is 324 g/mol. The first kappa shape index (κ1) is 17.1. The molecule has 25 heavy (non-hydrogen) atoms. The summed E-state index contributed by atoms with van der Waals surface area (Å²) in [5, 5.41) is 9.49. The van der Waals surface area contributed by atoms with Crippen LogP contribution in [0.25, 0.3) is 0 Å². The third-order valence-electron chi connectivity index (χ3n) is 4.31. The number of carbonyl (C=O) groups excluding carboxylic acids is 1. The molecule has 128 valence electrons. The highest BCUT2D eigenvalue weighted by molar-refractivity contribution is 5.94. The largest absolute Gasteiger partial charge is 0.336 e. The predicted octanol–water partition coefficient (Wildman–Crippen LogP) is 2.99. The van der Waals surface area contributed by atoms with Gasteiger partial charge in [-0.05, 0) is 17.7 Å². The highest BCUT2D eigenvalue weighted by atomic mass is 19.1. The molecule has 0 N–H and O–H groups in total. The predicted molar refractivity (Wildman–Crippen MR) is 88.6 cm³/mol. The van der Waals surface area contributed by atoms with E-state index in [1.165, 1.54) is 0 Å². The fraction of sp³-hybridized carbons (Fsp3) is 0.263. The molecule has 1 unspecified atom stereocenters. The first-order valence-electron chi connectivity index (χ1n) is 8.02. The molecule has 1 atom stereocenters. The van der Waals surface area contributed by atoms with Crippen molar-refractivity contribution in [2.24, 2.45) is 0 Å². The Morgan fingerprint density at radius 2 is 1.60 bits per heavy atom. The second-order valence-electron chi connectivity index (χ2n) is 5.93. The minimum absolute atomic E-state index is 0.00541. The molecular formula is C19H17F2N3O. The summed E-state index contributed by atoms with van der Waals surface area (Å²) in [7, 11) is 0. The molecule has 0 radical (unpaired) electrons. The Bertz CT molecular complexity index is 776. The molecule has 1 fully saturated rings. The number of halogens is 2. The topological polar surface area (TPSA) is 47.3 Å². The number of piperazine rings is 1. The molecule has 0 aliphatic carbocycles. The van der Waals surface area contributed by atoms with E-state index in [1.807, 2.05) is 35.2 Å². The second kappa shape index (κ2) is 7.41. The average Bonchev–Trinajstić information content (AvgIpc) is 2.62. The lowest BCUT2D eigenvalue weighted by Crippen LogP contribution is -2.49. The molecule has 1 amide bonds. The van der Waals surface area contributed by atoms with Gasteiger partial charge < -0.3 is 4.90 Å². The molecule has 6 heteroatoms. The molecule has 1 heterocycles. The molecule has 2 aromatic carbocycles. The molecule has 4 nitrogen and oxygen atoms in total. The van der Waals surface area contributed by atoms with Gasteiger partial charge in [0.15, 0.2) is 0 Å². The molecule has 0 bridgehead atoms. The van der Waals surface area contributed by atoms with E-state index in [0.717, 1.165) is 23.8 Å². The summed E-state index contributed by atoms with van der Waals surface area (Å²) in [4.78, 5) is 16.0. The van der Waals surface area contributed by atoms with Gasteiger partial charge in [0.2, 0.25) is 0 Å². The van der Waals surface area contributed by atoms with Crippen molar-refractivity contribution < 1.29 is 13.6 Å². The van der Waals surface area contributed by atoms with E-state index in [-0.39, 0.29) is 11.6 Å². The Morgan fingerprint density at radius 1 is 1.00 bits per heavy atom. The van der Waals surface area contributed by atoms with Gasteiger partial charge in [0.05, 0.1) is 6.07 Å². The molecule has 0 spiro atoms. The summed E-state index contributed by atoms with van der Waals surface area (Å²) >= 11 is 0. The Morgan fingerprint density at radius 3 is 2.16 bits per heavy atom. The van der Waals surface area contributed by atoms with Crippen molar-refractivity contribution in [2.45, 2.75) is 6.04 Å². The molecule has 0 aromatic heterocycles. The minimum Gasteiger partial charge on any atom is -0.336 e. The smallest absolute Gasteiger partial charge is 0.254 e. The van der Waals surface area contributed by atoms with Crippen molar-refractivity contribution in [1.82, 2.24) is 9.80 Å². The van der Waals surface area contributed by atoms with E-state index in [2.05, 4.69) is 6.07 Å². The van der Waals surface area contributed by atoms with Gasteiger partial charge in [0, 0.05) is 37.8 Å². The zero-order chi connectivity index (χ0) is 17.8. The third kappa shape index (κ3) is 3.83. The van der Waals surface area contributed by atoms with Crippen molar-refractivity contribution in [2.75, 3.05) is 26.2 Å². The lowest BCUT2D eigenvalue weighted by atomic mass is 10.1. The summed E-state index contributed by atoms with van der Waals surface area (Å²) in [5.74, 6) is -1.93. The van der Waals surface area contributed by atoms with Gasteiger partial charge in [-0.1, -0.05) is 30.3 Å². The van der Waals surface area contributed by atoms with Crippen LogP contribution in [0.3, 0.4) is 0 Å². The van der Waals surface area contributed by atoms with Gasteiger partial charge >= 0.3 is 0 Å². The fourth-order valence-corrected chi connectivity index (χ4v) is 3.05. The van der Waals surface area contributed by atoms with Crippen molar-refractivity contribution in [1.29, 1.82) is 5.26 Å². The highest BCUT2D eigenvalue weighted by Gasteiger charge is 2.27. The fourth-order valence-electron chi connectivity index (χ4n) is 3.05. The monoisotopic (exact) mass is 341 g/mol. The Hall–Kier alpha value is -2.78. The average molecular weight is 341 g/mol. The van der Waals surface area contributed by atoms with E-state index in [1.54, 1.807) is 4.90 Å². The van der Waals surface area contributed by atoms with Gasteiger partial charge in [-0.15, -0.1) is 0 Å². The van der Waals surface area contributed by atoms with Crippen LogP contribution in [0.2, 0.25) is 0 Å². The van der Waals surface area contributed by atoms with E-state index in [0.29, 0.717) is 26.2 Å². The van der Waals surface area contributed by atoms with Crippen LogP contribution in [0.15, 0.2) is 48.5 Å². The van der Waals surface area contributed by atoms with E-state index in [9.17, 15) is 18.8 Å². The first-order chi connectivity index (χ1) is 12.1. The highest BCUT2D eigenvalue weighted by Crippen LogP contribution is 2.22. The summed E-state index contributed by atoms with van der Waals surface area (Å²) < 4.78 is 26.6. The summed E-state index contributed by atoms with van der Waals surface area (Å²) in [5.41, 5.74) is 0.919. The van der Waals surface area contributed by atoms with Crippen molar-refractivity contribution in [3.8, 4) is 6.07 Å². The van der Waals surface area contributed by atoms with Crippen LogP contribution in [0, 0.1) is 23.0 Å². The molecule has 2 aromatic rings. The van der Waals surface area contributed by atoms with Crippen LogP contribution in [0.5, 0.6) is 0 Å². The van der Waals surface area contributed by atoms with Crippen LogP contribution < -0.4 is 0 Å². The Kier molecular flexibility index (Phi) is 5.05. The minimum atomic E-state index is -0.768. The molecule has 1 aliphatic rings. The Balaban J connectivity index is 1.67. The molecule has 1 saturated heterocycles. The second-order valence-corrected chi connectivity index (χ2v) is 5.93. The lowest BCUT2D eigenvalue weighted by molar-refractivity contribution is 0.0605. The number of rotatable bonds is 3. The summed E-state index contributed by atoms with van der Waals surface area (Å²) in [6.45, 7) is 1.86. The number of nitriles is 1. The number of benzene rings is 2. The molecule has 0 saturated carbocycles. The molecule has 3 rings (SSSR count). The van der Waals surface area contributed by atoms with Crippen molar-refractivity contribution >= 4 is 5.91 Å². The van der Waals surface area contributed by atoms with Crippen molar-refractivity contribution in [3.63, 3.8) is 0 Å². The first-order valence-corrected chi connectivity index (χ1v) is 8.02. The van der Waals surface area contributed by atoms with E-state index >= 15 is 0 Å².